The quantitative estimate of drug-likeness (QED) is 0.881. The van der Waals surface area contributed by atoms with E-state index in [0.717, 1.165) is 28.2 Å². The second-order valence-electron chi connectivity index (χ2n) is 4.46. The first-order valence-electron chi connectivity index (χ1n) is 6.04. The van der Waals surface area contributed by atoms with Gasteiger partial charge in [0.1, 0.15) is 4.21 Å². The van der Waals surface area contributed by atoms with Crippen molar-refractivity contribution >= 4 is 21.4 Å². The minimum absolute atomic E-state index is 0.145. The summed E-state index contributed by atoms with van der Waals surface area (Å²) >= 11 is 1.09. The van der Waals surface area contributed by atoms with Crippen LogP contribution in [0.4, 0.5) is 0 Å². The number of nitrogens with one attached hydrogen (secondary N) is 1. The van der Waals surface area contributed by atoms with Crippen LogP contribution in [0.2, 0.25) is 0 Å². The monoisotopic (exact) mass is 312 g/mol. The number of pyridine rings is 1. The van der Waals surface area contributed by atoms with Gasteiger partial charge in [0.2, 0.25) is 10.0 Å². The number of hydrogen-bond acceptors (Lipinski definition) is 5. The van der Waals surface area contributed by atoms with E-state index in [9.17, 15) is 8.42 Å². The maximum atomic E-state index is 12.2. The molecule has 20 heavy (non-hydrogen) atoms. The summed E-state index contributed by atoms with van der Waals surface area (Å²) < 4.78 is 27.1. The van der Waals surface area contributed by atoms with Gasteiger partial charge in [-0.05, 0) is 37.1 Å². The van der Waals surface area contributed by atoms with Crippen molar-refractivity contribution in [3.8, 4) is 0 Å². The number of thiophene rings is 1. The number of sulfonamides is 1. The molecular formula is C13H16N2O3S2. The van der Waals surface area contributed by atoms with Crippen molar-refractivity contribution in [2.75, 3.05) is 0 Å². The first kappa shape index (κ1) is 15.1. The van der Waals surface area contributed by atoms with E-state index >= 15 is 0 Å². The van der Waals surface area contributed by atoms with Gasteiger partial charge in [0, 0.05) is 23.3 Å². The fraction of sp³-hybridized carbons (Fsp3) is 0.308. The third-order valence-electron chi connectivity index (χ3n) is 2.85. The molecule has 0 aliphatic heterocycles. The smallest absolute Gasteiger partial charge is 0.250 e. The molecule has 2 aromatic heterocycles. The highest BCUT2D eigenvalue weighted by atomic mass is 32.2. The highest BCUT2D eigenvalue weighted by molar-refractivity contribution is 7.91. The van der Waals surface area contributed by atoms with Gasteiger partial charge in [-0.1, -0.05) is 6.07 Å². The number of nitrogens with zero attached hydrogens (tertiary/aromatic N) is 1. The van der Waals surface area contributed by atoms with Gasteiger partial charge < -0.3 is 5.11 Å². The van der Waals surface area contributed by atoms with Gasteiger partial charge in [-0.15, -0.1) is 11.3 Å². The van der Waals surface area contributed by atoms with Gasteiger partial charge in [0.15, 0.2) is 0 Å². The predicted octanol–water partition coefficient (Wildman–Crippen LogP) is 1.73. The van der Waals surface area contributed by atoms with Crippen LogP contribution in [-0.2, 0) is 23.2 Å². The van der Waals surface area contributed by atoms with Crippen LogP contribution < -0.4 is 4.72 Å². The Hall–Kier alpha value is -1.28. The minimum Gasteiger partial charge on any atom is -0.391 e. The van der Waals surface area contributed by atoms with Crippen molar-refractivity contribution in [3.63, 3.8) is 0 Å². The topological polar surface area (TPSA) is 79.3 Å². The van der Waals surface area contributed by atoms with Crippen LogP contribution in [0, 0.1) is 13.8 Å². The number of aryl methyl sites for hydroxylation is 2. The molecule has 0 spiro atoms. The molecule has 2 N–H and O–H groups in total. The van der Waals surface area contributed by atoms with E-state index in [4.69, 9.17) is 5.11 Å². The van der Waals surface area contributed by atoms with Crippen molar-refractivity contribution < 1.29 is 13.5 Å². The molecule has 2 heterocycles. The molecule has 0 unspecified atom stereocenters. The number of aromatic nitrogens is 1. The summed E-state index contributed by atoms with van der Waals surface area (Å²) in [5, 5.41) is 9.12. The Morgan fingerprint density at radius 2 is 2.10 bits per heavy atom. The average Bonchev–Trinajstić information content (AvgIpc) is 2.80. The second kappa shape index (κ2) is 6.01. The first-order chi connectivity index (χ1) is 9.42. The van der Waals surface area contributed by atoms with Crippen LogP contribution >= 0.6 is 11.3 Å². The highest BCUT2D eigenvalue weighted by Gasteiger charge is 2.18. The number of aliphatic hydroxyl groups is 1. The van der Waals surface area contributed by atoms with Gasteiger partial charge >= 0.3 is 0 Å². The fourth-order valence-corrected chi connectivity index (χ4v) is 4.14. The van der Waals surface area contributed by atoms with E-state index in [2.05, 4.69) is 9.71 Å². The lowest BCUT2D eigenvalue weighted by Gasteiger charge is -2.04. The summed E-state index contributed by atoms with van der Waals surface area (Å²) in [6.07, 6.45) is 1.65. The molecular weight excluding hydrogens is 296 g/mol. The summed E-state index contributed by atoms with van der Waals surface area (Å²) in [5.41, 5.74) is 2.47. The third-order valence-corrected chi connectivity index (χ3v) is 5.94. The Kier molecular flexibility index (Phi) is 4.54. The average molecular weight is 312 g/mol. The molecule has 0 amide bonds. The molecule has 0 aliphatic carbocycles. The molecule has 0 aliphatic rings. The van der Waals surface area contributed by atoms with E-state index in [1.54, 1.807) is 19.2 Å². The summed E-state index contributed by atoms with van der Waals surface area (Å²) in [6, 6.07) is 5.25. The SMILES string of the molecule is Cc1ccc(CNS(=O)(=O)c2cc(C)c(CO)s2)cn1. The second-order valence-corrected chi connectivity index (χ2v) is 7.59. The Morgan fingerprint density at radius 1 is 1.35 bits per heavy atom. The summed E-state index contributed by atoms with van der Waals surface area (Å²) in [4.78, 5) is 4.79. The molecule has 108 valence electrons. The van der Waals surface area contributed by atoms with Gasteiger partial charge in [-0.3, -0.25) is 4.98 Å². The fourth-order valence-electron chi connectivity index (χ4n) is 1.63. The number of aliphatic hydroxyl groups excluding tert-OH is 1. The summed E-state index contributed by atoms with van der Waals surface area (Å²) in [7, 11) is -3.55. The van der Waals surface area contributed by atoms with E-state index in [1.807, 2.05) is 19.1 Å². The van der Waals surface area contributed by atoms with Crippen LogP contribution in [0.25, 0.3) is 0 Å². The molecule has 5 nitrogen and oxygen atoms in total. The van der Waals surface area contributed by atoms with Crippen LogP contribution in [0.5, 0.6) is 0 Å². The Labute approximate surface area is 122 Å². The van der Waals surface area contributed by atoms with E-state index in [0.29, 0.717) is 4.88 Å². The lowest BCUT2D eigenvalue weighted by atomic mass is 10.2. The standard InChI is InChI=1S/C13H16N2O3S2/c1-9-5-13(19-12(9)8-16)20(17,18)15-7-11-4-3-10(2)14-6-11/h3-6,15-16H,7-8H2,1-2H3. The van der Waals surface area contributed by atoms with E-state index in [-0.39, 0.29) is 17.4 Å². The summed E-state index contributed by atoms with van der Waals surface area (Å²) in [6.45, 7) is 3.71. The largest absolute Gasteiger partial charge is 0.391 e. The molecule has 0 radical (unpaired) electrons. The molecule has 0 aromatic carbocycles. The lowest BCUT2D eigenvalue weighted by Crippen LogP contribution is -2.22. The third kappa shape index (κ3) is 3.43. The first-order valence-corrected chi connectivity index (χ1v) is 8.33. The Bertz CT molecular complexity index is 691. The van der Waals surface area contributed by atoms with Gasteiger partial charge in [-0.25, -0.2) is 13.1 Å². The van der Waals surface area contributed by atoms with Gasteiger partial charge in [-0.2, -0.15) is 0 Å². The number of hydrogen-bond donors (Lipinski definition) is 2. The van der Waals surface area contributed by atoms with Crippen LogP contribution in [0.3, 0.4) is 0 Å². The maximum absolute atomic E-state index is 12.2. The highest BCUT2D eigenvalue weighted by Crippen LogP contribution is 2.25. The molecule has 0 bridgehead atoms. The predicted molar refractivity (Wildman–Crippen MR) is 78.0 cm³/mol. The molecule has 0 atom stereocenters. The van der Waals surface area contributed by atoms with Crippen LogP contribution in [0.1, 0.15) is 21.7 Å². The van der Waals surface area contributed by atoms with Crippen molar-refractivity contribution in [2.24, 2.45) is 0 Å². The lowest BCUT2D eigenvalue weighted by molar-refractivity contribution is 0.285. The molecule has 2 rings (SSSR count). The zero-order chi connectivity index (χ0) is 14.8. The van der Waals surface area contributed by atoms with Crippen molar-refractivity contribution in [3.05, 3.63) is 46.1 Å². The van der Waals surface area contributed by atoms with Crippen molar-refractivity contribution in [1.29, 1.82) is 0 Å². The molecule has 0 saturated carbocycles. The Balaban J connectivity index is 2.12. The van der Waals surface area contributed by atoms with Crippen molar-refractivity contribution in [1.82, 2.24) is 9.71 Å². The zero-order valence-corrected chi connectivity index (χ0v) is 12.9. The van der Waals surface area contributed by atoms with E-state index in [1.165, 1.54) is 0 Å². The molecule has 0 fully saturated rings. The maximum Gasteiger partial charge on any atom is 0.250 e. The van der Waals surface area contributed by atoms with E-state index < -0.39 is 10.0 Å². The Morgan fingerprint density at radius 3 is 2.65 bits per heavy atom. The normalized spacial score (nSPS) is 11.8. The van der Waals surface area contributed by atoms with Crippen molar-refractivity contribution in [2.45, 2.75) is 31.2 Å². The summed E-state index contributed by atoms with van der Waals surface area (Å²) in [5.74, 6) is 0. The van der Waals surface area contributed by atoms with Gasteiger partial charge in [0.25, 0.3) is 0 Å². The van der Waals surface area contributed by atoms with Gasteiger partial charge in [0.05, 0.1) is 6.61 Å². The minimum atomic E-state index is -3.55. The molecule has 0 saturated heterocycles. The van der Waals surface area contributed by atoms with Crippen LogP contribution in [-0.4, -0.2) is 18.5 Å². The van der Waals surface area contributed by atoms with Crippen LogP contribution in [0.15, 0.2) is 28.6 Å². The molecule has 2 aromatic rings. The number of rotatable bonds is 5. The zero-order valence-electron chi connectivity index (χ0n) is 11.3. The molecule has 7 heteroatoms.